The molecule has 0 saturated carbocycles. The predicted octanol–water partition coefficient (Wildman–Crippen LogP) is 5.06. The van der Waals surface area contributed by atoms with Crippen LogP contribution in [-0.2, 0) is 11.2 Å². The van der Waals surface area contributed by atoms with Crippen molar-refractivity contribution < 1.29 is 9.53 Å². The van der Waals surface area contributed by atoms with E-state index in [1.54, 1.807) is 24.4 Å². The molecule has 4 nitrogen and oxygen atoms in total. The summed E-state index contributed by atoms with van der Waals surface area (Å²) in [4.78, 5) is 17.2. The van der Waals surface area contributed by atoms with Crippen molar-refractivity contribution >= 4 is 45.6 Å². The number of nitrogens with one attached hydrogen (secondary N) is 1. The van der Waals surface area contributed by atoms with Crippen LogP contribution in [0.1, 0.15) is 10.4 Å². The minimum absolute atomic E-state index is 0.0638. The molecule has 2 aromatic carbocycles. The number of anilines is 1. The van der Waals surface area contributed by atoms with Crippen LogP contribution in [0.25, 0.3) is 0 Å². The van der Waals surface area contributed by atoms with Gasteiger partial charge in [-0.15, -0.1) is 11.3 Å². The molecule has 0 atom stereocenters. The molecule has 3 rings (SSSR count). The lowest BCUT2D eigenvalue weighted by atomic mass is 10.1. The fourth-order valence-electron chi connectivity index (χ4n) is 2.12. The van der Waals surface area contributed by atoms with Crippen molar-refractivity contribution in [3.05, 3.63) is 75.2 Å². The average Bonchev–Trinajstić information content (AvgIpc) is 3.04. The Balaban J connectivity index is 1.54. The number of benzene rings is 2. The van der Waals surface area contributed by atoms with Gasteiger partial charge in [-0.1, -0.05) is 47.5 Å². The molecule has 0 aliphatic heterocycles. The number of thiazole rings is 1. The van der Waals surface area contributed by atoms with Crippen LogP contribution in [0.2, 0.25) is 10.0 Å². The molecule has 0 aliphatic rings. The first-order valence-corrected chi connectivity index (χ1v) is 9.04. The topological polar surface area (TPSA) is 51.2 Å². The zero-order valence-electron chi connectivity index (χ0n) is 13.0. The SMILES string of the molecule is O=C(COc1ccccc1)Nc1ncc(Cc2ccc(Cl)c(Cl)c2)s1. The third kappa shape index (κ3) is 5.19. The average molecular weight is 393 g/mol. The van der Waals surface area contributed by atoms with E-state index in [0.29, 0.717) is 27.3 Å². The maximum Gasteiger partial charge on any atom is 0.264 e. The van der Waals surface area contributed by atoms with Gasteiger partial charge < -0.3 is 4.74 Å². The largest absolute Gasteiger partial charge is 0.484 e. The second-order valence-corrected chi connectivity index (χ2v) is 7.14. The number of aromatic nitrogens is 1. The van der Waals surface area contributed by atoms with Crippen molar-refractivity contribution in [1.29, 1.82) is 0 Å². The summed E-state index contributed by atoms with van der Waals surface area (Å²) in [5, 5.41) is 4.33. The van der Waals surface area contributed by atoms with E-state index in [1.807, 2.05) is 30.3 Å². The van der Waals surface area contributed by atoms with Crippen LogP contribution >= 0.6 is 34.5 Å². The molecule has 0 radical (unpaired) electrons. The molecule has 0 unspecified atom stereocenters. The molecular formula is C18H14Cl2N2O2S. The summed E-state index contributed by atoms with van der Waals surface area (Å²) in [7, 11) is 0. The molecule has 1 aromatic heterocycles. The van der Waals surface area contributed by atoms with Gasteiger partial charge in [-0.05, 0) is 29.8 Å². The van der Waals surface area contributed by atoms with E-state index in [9.17, 15) is 4.79 Å². The van der Waals surface area contributed by atoms with Gasteiger partial charge in [0.05, 0.1) is 10.0 Å². The van der Waals surface area contributed by atoms with Gasteiger partial charge in [-0.3, -0.25) is 10.1 Å². The van der Waals surface area contributed by atoms with Gasteiger partial charge in [0.15, 0.2) is 11.7 Å². The van der Waals surface area contributed by atoms with Crippen LogP contribution in [0.4, 0.5) is 5.13 Å². The summed E-state index contributed by atoms with van der Waals surface area (Å²) in [6.45, 7) is -0.0638. The highest BCUT2D eigenvalue weighted by molar-refractivity contribution is 7.15. The second kappa shape index (κ2) is 8.34. The van der Waals surface area contributed by atoms with Gasteiger partial charge in [0.2, 0.25) is 0 Å². The van der Waals surface area contributed by atoms with E-state index in [0.717, 1.165) is 10.4 Å². The Hall–Kier alpha value is -2.08. The summed E-state index contributed by atoms with van der Waals surface area (Å²) in [5.41, 5.74) is 1.03. The van der Waals surface area contributed by atoms with Gasteiger partial charge in [0.25, 0.3) is 5.91 Å². The highest BCUT2D eigenvalue weighted by atomic mass is 35.5. The number of carbonyl (C=O) groups excluding carboxylic acids is 1. The van der Waals surface area contributed by atoms with Crippen molar-refractivity contribution in [1.82, 2.24) is 4.98 Å². The monoisotopic (exact) mass is 392 g/mol. The molecule has 128 valence electrons. The third-order valence-corrected chi connectivity index (χ3v) is 4.93. The highest BCUT2D eigenvalue weighted by Gasteiger charge is 2.09. The fraction of sp³-hybridized carbons (Fsp3) is 0.111. The maximum atomic E-state index is 11.9. The van der Waals surface area contributed by atoms with Gasteiger partial charge >= 0.3 is 0 Å². The lowest BCUT2D eigenvalue weighted by Crippen LogP contribution is -2.19. The predicted molar refractivity (Wildman–Crippen MR) is 102 cm³/mol. The second-order valence-electron chi connectivity index (χ2n) is 5.21. The molecule has 7 heteroatoms. The van der Waals surface area contributed by atoms with E-state index in [2.05, 4.69) is 10.3 Å². The van der Waals surface area contributed by atoms with Crippen molar-refractivity contribution in [2.45, 2.75) is 6.42 Å². The number of nitrogens with zero attached hydrogens (tertiary/aromatic N) is 1. The van der Waals surface area contributed by atoms with E-state index < -0.39 is 0 Å². The van der Waals surface area contributed by atoms with Crippen molar-refractivity contribution in [2.24, 2.45) is 0 Å². The smallest absolute Gasteiger partial charge is 0.264 e. The van der Waals surface area contributed by atoms with Gasteiger partial charge in [0.1, 0.15) is 5.75 Å². The minimum atomic E-state index is -0.251. The Labute approximate surface area is 159 Å². The number of hydrogen-bond donors (Lipinski definition) is 1. The molecule has 1 amide bonds. The van der Waals surface area contributed by atoms with E-state index in [1.165, 1.54) is 11.3 Å². The van der Waals surface area contributed by atoms with Gasteiger partial charge in [-0.25, -0.2) is 4.98 Å². The minimum Gasteiger partial charge on any atom is -0.484 e. The van der Waals surface area contributed by atoms with Crippen LogP contribution < -0.4 is 10.1 Å². The van der Waals surface area contributed by atoms with Crippen molar-refractivity contribution in [2.75, 3.05) is 11.9 Å². The van der Waals surface area contributed by atoms with Gasteiger partial charge in [0, 0.05) is 17.5 Å². The van der Waals surface area contributed by atoms with E-state index in [4.69, 9.17) is 27.9 Å². The molecule has 0 spiro atoms. The van der Waals surface area contributed by atoms with Crippen LogP contribution in [0.5, 0.6) is 5.75 Å². The van der Waals surface area contributed by atoms with E-state index in [-0.39, 0.29) is 12.5 Å². The molecule has 1 heterocycles. The third-order valence-electron chi connectivity index (χ3n) is 3.28. The van der Waals surface area contributed by atoms with Crippen LogP contribution in [0.3, 0.4) is 0 Å². The zero-order valence-corrected chi connectivity index (χ0v) is 15.4. The molecule has 0 fully saturated rings. The Morgan fingerprint density at radius 3 is 2.68 bits per heavy atom. The van der Waals surface area contributed by atoms with Crippen LogP contribution in [-0.4, -0.2) is 17.5 Å². The van der Waals surface area contributed by atoms with E-state index >= 15 is 0 Å². The molecule has 25 heavy (non-hydrogen) atoms. The van der Waals surface area contributed by atoms with Crippen molar-refractivity contribution in [3.63, 3.8) is 0 Å². The number of carbonyl (C=O) groups is 1. The Bertz CT molecular complexity index is 869. The number of halogens is 2. The molecular weight excluding hydrogens is 379 g/mol. The van der Waals surface area contributed by atoms with Crippen LogP contribution in [0, 0.1) is 0 Å². The lowest BCUT2D eigenvalue weighted by Gasteiger charge is -2.05. The summed E-state index contributed by atoms with van der Waals surface area (Å²) in [6, 6.07) is 14.7. The first-order chi connectivity index (χ1) is 12.1. The lowest BCUT2D eigenvalue weighted by molar-refractivity contribution is -0.118. The zero-order chi connectivity index (χ0) is 17.6. The molecule has 0 aliphatic carbocycles. The Kier molecular flexibility index (Phi) is 5.91. The van der Waals surface area contributed by atoms with Crippen molar-refractivity contribution in [3.8, 4) is 5.75 Å². The number of ether oxygens (including phenoxy) is 1. The highest BCUT2D eigenvalue weighted by Crippen LogP contribution is 2.26. The summed E-state index contributed by atoms with van der Waals surface area (Å²) in [5.74, 6) is 0.399. The normalized spacial score (nSPS) is 10.5. The summed E-state index contributed by atoms with van der Waals surface area (Å²) >= 11 is 13.4. The standard InChI is InChI=1S/C18H14Cl2N2O2S/c19-15-7-6-12(9-16(15)20)8-14-10-21-18(25-14)22-17(23)11-24-13-4-2-1-3-5-13/h1-7,9-10H,8,11H2,(H,21,22,23). The number of para-hydroxylation sites is 1. The first-order valence-electron chi connectivity index (χ1n) is 7.46. The Morgan fingerprint density at radius 2 is 1.92 bits per heavy atom. The van der Waals surface area contributed by atoms with Crippen LogP contribution in [0.15, 0.2) is 54.7 Å². The fourth-order valence-corrected chi connectivity index (χ4v) is 3.30. The number of rotatable bonds is 6. The number of hydrogen-bond acceptors (Lipinski definition) is 4. The molecule has 3 aromatic rings. The number of amides is 1. The molecule has 0 saturated heterocycles. The quantitative estimate of drug-likeness (QED) is 0.637. The molecule has 1 N–H and O–H groups in total. The Morgan fingerprint density at radius 1 is 1.12 bits per heavy atom. The molecule has 0 bridgehead atoms. The summed E-state index contributed by atoms with van der Waals surface area (Å²) in [6.07, 6.45) is 2.41. The van der Waals surface area contributed by atoms with Gasteiger partial charge in [-0.2, -0.15) is 0 Å². The maximum absolute atomic E-state index is 11.9. The first kappa shape index (κ1) is 17.7. The summed E-state index contributed by atoms with van der Waals surface area (Å²) < 4.78 is 5.40.